The molecule has 5 heteroatoms. The Morgan fingerprint density at radius 3 is 2.34 bits per heavy atom. The average Bonchev–Trinajstić information content (AvgIpc) is 2.69. The van der Waals surface area contributed by atoms with E-state index in [1.54, 1.807) is 12.1 Å². The van der Waals surface area contributed by atoms with Gasteiger partial charge < -0.3 is 15.4 Å². The van der Waals surface area contributed by atoms with Crippen LogP contribution in [-0.4, -0.2) is 31.5 Å². The first-order valence-corrected chi connectivity index (χ1v) is 11.3. The molecule has 158 valence electrons. The summed E-state index contributed by atoms with van der Waals surface area (Å²) in [6.07, 6.45) is 9.34. The van der Waals surface area contributed by atoms with Crippen LogP contribution in [0.25, 0.3) is 0 Å². The van der Waals surface area contributed by atoms with Crippen molar-refractivity contribution in [1.29, 1.82) is 0 Å². The second kappa shape index (κ2) is 8.76. The van der Waals surface area contributed by atoms with Crippen molar-refractivity contribution in [3.05, 3.63) is 29.8 Å². The number of amides is 2. The molecule has 4 aliphatic carbocycles. The Bertz CT molecular complexity index is 710. The molecular formula is C24H34N2O3. The van der Waals surface area contributed by atoms with Gasteiger partial charge in [-0.3, -0.25) is 9.59 Å². The van der Waals surface area contributed by atoms with Crippen molar-refractivity contribution in [2.24, 2.45) is 23.2 Å². The molecule has 2 amide bonds. The second-order valence-electron chi connectivity index (χ2n) is 9.48. The lowest BCUT2D eigenvalue weighted by Gasteiger charge is -2.56. The summed E-state index contributed by atoms with van der Waals surface area (Å²) in [5, 5.41) is 6.12. The zero-order valence-corrected chi connectivity index (χ0v) is 17.5. The number of carbonyl (C=O) groups is 2. The van der Waals surface area contributed by atoms with Gasteiger partial charge in [0.2, 0.25) is 5.91 Å². The van der Waals surface area contributed by atoms with Crippen molar-refractivity contribution in [3.63, 3.8) is 0 Å². The summed E-state index contributed by atoms with van der Waals surface area (Å²) >= 11 is 0. The molecule has 1 aromatic rings. The molecular weight excluding hydrogens is 364 g/mol. The summed E-state index contributed by atoms with van der Waals surface area (Å²) in [4.78, 5) is 24.7. The number of rotatable bonds is 9. The highest BCUT2D eigenvalue weighted by atomic mass is 16.5. The first-order valence-electron chi connectivity index (χ1n) is 11.3. The van der Waals surface area contributed by atoms with E-state index in [4.69, 9.17) is 4.74 Å². The average molecular weight is 399 g/mol. The molecule has 0 saturated heterocycles. The SMILES string of the molecule is CCOc1ccccc1C(=O)NCCCC(=O)NCC12CC3CC(CC(C3)C1)C2. The van der Waals surface area contributed by atoms with Crippen LogP contribution < -0.4 is 15.4 Å². The molecule has 0 unspecified atom stereocenters. The summed E-state index contributed by atoms with van der Waals surface area (Å²) in [5.74, 6) is 3.29. The Morgan fingerprint density at radius 2 is 1.69 bits per heavy atom. The Kier molecular flexibility index (Phi) is 6.12. The van der Waals surface area contributed by atoms with Crippen LogP contribution in [0.4, 0.5) is 0 Å². The van der Waals surface area contributed by atoms with Crippen LogP contribution in [0.1, 0.15) is 68.6 Å². The summed E-state index contributed by atoms with van der Waals surface area (Å²) in [6.45, 7) is 3.76. The van der Waals surface area contributed by atoms with Crippen molar-refractivity contribution in [3.8, 4) is 5.75 Å². The van der Waals surface area contributed by atoms with Crippen LogP contribution >= 0.6 is 0 Å². The van der Waals surface area contributed by atoms with Gasteiger partial charge in [0.25, 0.3) is 5.91 Å². The molecule has 0 spiro atoms. The van der Waals surface area contributed by atoms with Gasteiger partial charge in [-0.05, 0) is 87.2 Å². The third-order valence-corrected chi connectivity index (χ3v) is 7.12. The van der Waals surface area contributed by atoms with Crippen LogP contribution in [0, 0.1) is 23.2 Å². The lowest BCUT2D eigenvalue weighted by atomic mass is 9.49. The summed E-state index contributed by atoms with van der Waals surface area (Å²) in [6, 6.07) is 7.25. The first kappa shape index (κ1) is 20.2. The van der Waals surface area contributed by atoms with Crippen LogP contribution in [0.3, 0.4) is 0 Å². The fourth-order valence-corrected chi connectivity index (χ4v) is 6.36. The number of benzene rings is 1. The molecule has 0 heterocycles. The quantitative estimate of drug-likeness (QED) is 0.620. The van der Waals surface area contributed by atoms with E-state index in [0.717, 1.165) is 24.3 Å². The van der Waals surface area contributed by atoms with Crippen molar-refractivity contribution in [2.45, 2.75) is 58.3 Å². The third kappa shape index (κ3) is 4.76. The van der Waals surface area contributed by atoms with Gasteiger partial charge >= 0.3 is 0 Å². The molecule has 4 aliphatic rings. The van der Waals surface area contributed by atoms with Crippen LogP contribution in [-0.2, 0) is 4.79 Å². The topological polar surface area (TPSA) is 67.4 Å². The van der Waals surface area contributed by atoms with Gasteiger partial charge in [0.05, 0.1) is 12.2 Å². The van der Waals surface area contributed by atoms with Gasteiger partial charge in [-0.15, -0.1) is 0 Å². The van der Waals surface area contributed by atoms with Crippen LogP contribution in [0.15, 0.2) is 24.3 Å². The molecule has 0 aromatic heterocycles. The lowest BCUT2D eigenvalue weighted by Crippen LogP contribution is -2.51. The fraction of sp³-hybridized carbons (Fsp3) is 0.667. The van der Waals surface area contributed by atoms with Gasteiger partial charge in [-0.25, -0.2) is 0 Å². The zero-order valence-electron chi connectivity index (χ0n) is 17.5. The van der Waals surface area contributed by atoms with Gasteiger partial charge in [-0.1, -0.05) is 12.1 Å². The standard InChI is InChI=1S/C24H34N2O3/c1-2-29-21-7-4-3-6-20(21)23(28)25-9-5-8-22(27)26-16-24-13-17-10-18(14-24)12-19(11-17)15-24/h3-4,6-7,17-19H,2,5,8-16H2,1H3,(H,25,28)(H,26,27). The molecule has 0 atom stereocenters. The van der Waals surface area contributed by atoms with E-state index in [9.17, 15) is 9.59 Å². The predicted octanol–water partition coefficient (Wildman–Crippen LogP) is 3.93. The summed E-state index contributed by atoms with van der Waals surface area (Å²) in [7, 11) is 0. The maximum absolute atomic E-state index is 12.4. The van der Waals surface area contributed by atoms with Crippen molar-refractivity contribution in [1.82, 2.24) is 10.6 Å². The van der Waals surface area contributed by atoms with E-state index < -0.39 is 0 Å². The highest BCUT2D eigenvalue weighted by Crippen LogP contribution is 2.59. The number of nitrogens with one attached hydrogen (secondary N) is 2. The van der Waals surface area contributed by atoms with Gasteiger partial charge in [0.15, 0.2) is 0 Å². The Balaban J connectivity index is 1.17. The number of hydrogen-bond acceptors (Lipinski definition) is 3. The minimum absolute atomic E-state index is 0.115. The molecule has 29 heavy (non-hydrogen) atoms. The molecule has 5 rings (SSSR count). The molecule has 4 fully saturated rings. The maximum Gasteiger partial charge on any atom is 0.255 e. The van der Waals surface area contributed by atoms with Crippen molar-refractivity contribution < 1.29 is 14.3 Å². The minimum atomic E-state index is -0.150. The molecule has 4 bridgehead atoms. The van der Waals surface area contributed by atoms with Crippen LogP contribution in [0.5, 0.6) is 5.75 Å². The summed E-state index contributed by atoms with van der Waals surface area (Å²) < 4.78 is 5.51. The molecule has 0 aliphatic heterocycles. The normalized spacial score (nSPS) is 29.5. The van der Waals surface area contributed by atoms with E-state index >= 15 is 0 Å². The first-order chi connectivity index (χ1) is 14.1. The monoisotopic (exact) mass is 398 g/mol. The van der Waals surface area contributed by atoms with Crippen molar-refractivity contribution >= 4 is 11.8 Å². The maximum atomic E-state index is 12.4. The molecule has 5 nitrogen and oxygen atoms in total. The van der Waals surface area contributed by atoms with Gasteiger partial charge in [0, 0.05) is 19.5 Å². The highest BCUT2D eigenvalue weighted by molar-refractivity contribution is 5.96. The lowest BCUT2D eigenvalue weighted by molar-refractivity contribution is -0.123. The molecule has 2 N–H and O–H groups in total. The molecule has 4 saturated carbocycles. The number of ether oxygens (including phenoxy) is 1. The van der Waals surface area contributed by atoms with E-state index in [1.807, 2.05) is 19.1 Å². The van der Waals surface area contributed by atoms with E-state index in [1.165, 1.54) is 38.5 Å². The molecule has 1 aromatic carbocycles. The highest BCUT2D eigenvalue weighted by Gasteiger charge is 2.50. The fourth-order valence-electron chi connectivity index (χ4n) is 6.36. The third-order valence-electron chi connectivity index (χ3n) is 7.12. The number of para-hydroxylation sites is 1. The van der Waals surface area contributed by atoms with E-state index in [0.29, 0.717) is 42.7 Å². The van der Waals surface area contributed by atoms with Crippen LogP contribution in [0.2, 0.25) is 0 Å². The number of hydrogen-bond donors (Lipinski definition) is 2. The van der Waals surface area contributed by atoms with Gasteiger partial charge in [0.1, 0.15) is 5.75 Å². The molecule has 0 radical (unpaired) electrons. The number of carbonyl (C=O) groups excluding carboxylic acids is 2. The van der Waals surface area contributed by atoms with E-state index in [2.05, 4.69) is 10.6 Å². The Hall–Kier alpha value is -2.04. The van der Waals surface area contributed by atoms with E-state index in [-0.39, 0.29) is 11.8 Å². The largest absolute Gasteiger partial charge is 0.493 e. The summed E-state index contributed by atoms with van der Waals surface area (Å²) in [5.41, 5.74) is 0.919. The predicted molar refractivity (Wildman–Crippen MR) is 113 cm³/mol. The Labute approximate surface area is 174 Å². The Morgan fingerprint density at radius 1 is 1.03 bits per heavy atom. The zero-order chi connectivity index (χ0) is 20.3. The van der Waals surface area contributed by atoms with Gasteiger partial charge in [-0.2, -0.15) is 0 Å². The van der Waals surface area contributed by atoms with Crippen molar-refractivity contribution in [2.75, 3.05) is 19.7 Å². The second-order valence-corrected chi connectivity index (χ2v) is 9.48. The minimum Gasteiger partial charge on any atom is -0.493 e. The smallest absolute Gasteiger partial charge is 0.255 e.